The summed E-state index contributed by atoms with van der Waals surface area (Å²) in [5, 5.41) is 22.9. The topological polar surface area (TPSA) is 149 Å². The van der Waals surface area contributed by atoms with Gasteiger partial charge in [0, 0.05) is 24.1 Å². The number of carbonyl (C=O) groups is 3. The number of carbonyl (C=O) groups excluding carboxylic acids is 3. The van der Waals surface area contributed by atoms with Crippen LogP contribution in [-0.4, -0.2) is 45.9 Å². The molecule has 3 aromatic rings. The molecule has 3 heterocycles. The summed E-state index contributed by atoms with van der Waals surface area (Å²) in [7, 11) is 1.21. The largest absolute Gasteiger partial charge is 0.507 e. The monoisotopic (exact) mass is 535 g/mol. The second-order valence-corrected chi connectivity index (χ2v) is 9.86. The third-order valence-corrected chi connectivity index (χ3v) is 7.51. The Hall–Kier alpha value is -4.58. The van der Waals surface area contributed by atoms with E-state index in [1.165, 1.54) is 31.4 Å². The van der Waals surface area contributed by atoms with Crippen molar-refractivity contribution in [3.8, 4) is 5.75 Å². The number of esters is 1. The van der Waals surface area contributed by atoms with Crippen molar-refractivity contribution in [3.63, 3.8) is 0 Å². The fourth-order valence-corrected chi connectivity index (χ4v) is 5.66. The van der Waals surface area contributed by atoms with Crippen molar-refractivity contribution in [2.45, 2.75) is 32.4 Å². The number of amides is 1. The second kappa shape index (κ2) is 9.38. The molecule has 1 amide bonds. The number of ketones is 1. The zero-order chi connectivity index (χ0) is 27.3. The Morgan fingerprint density at radius 1 is 1.26 bits per heavy atom. The summed E-state index contributed by atoms with van der Waals surface area (Å²) in [6.45, 7) is 3.46. The van der Waals surface area contributed by atoms with Crippen LogP contribution in [-0.2, 0) is 20.7 Å². The highest BCUT2D eigenvalue weighted by molar-refractivity contribution is 7.17. The standard InChI is InChI=1S/C26H21N3O8S/c1-12-9-16-10-15(7-8-18(16)37-12)21(30)19-20(14-5-4-6-17(11-14)29(34)35)28(24(32)22(19)31)26-27-13(2)23(38-26)25(33)36-3/h4-8,10-12,20,30H,9H2,1-3H3/b21-19+. The Labute approximate surface area is 220 Å². The van der Waals surface area contributed by atoms with Gasteiger partial charge in [-0.15, -0.1) is 0 Å². The summed E-state index contributed by atoms with van der Waals surface area (Å²) in [6.07, 6.45) is 0.559. The Kier molecular flexibility index (Phi) is 6.19. The minimum absolute atomic E-state index is 0.0109. The van der Waals surface area contributed by atoms with Crippen molar-refractivity contribution in [1.29, 1.82) is 0 Å². The number of anilines is 1. The van der Waals surface area contributed by atoms with Crippen LogP contribution in [0.2, 0.25) is 0 Å². The van der Waals surface area contributed by atoms with Crippen LogP contribution in [0.4, 0.5) is 10.8 Å². The molecule has 1 N–H and O–H groups in total. The molecule has 2 aliphatic heterocycles. The fraction of sp³-hybridized carbons (Fsp3) is 0.231. The second-order valence-electron chi connectivity index (χ2n) is 8.88. The van der Waals surface area contributed by atoms with Gasteiger partial charge in [-0.3, -0.25) is 24.6 Å². The van der Waals surface area contributed by atoms with Crippen LogP contribution in [0.25, 0.3) is 5.76 Å². The molecule has 2 atom stereocenters. The average Bonchev–Trinajstić information content (AvgIpc) is 3.55. The van der Waals surface area contributed by atoms with Crippen molar-refractivity contribution in [2.75, 3.05) is 12.0 Å². The van der Waals surface area contributed by atoms with E-state index in [9.17, 15) is 29.6 Å². The zero-order valence-corrected chi connectivity index (χ0v) is 21.3. The molecule has 0 aliphatic carbocycles. The molecular formula is C26H21N3O8S. The lowest BCUT2D eigenvalue weighted by molar-refractivity contribution is -0.384. The van der Waals surface area contributed by atoms with E-state index in [1.54, 1.807) is 25.1 Å². The number of hydrogen-bond acceptors (Lipinski definition) is 10. The van der Waals surface area contributed by atoms with E-state index in [0.29, 0.717) is 17.7 Å². The van der Waals surface area contributed by atoms with Crippen molar-refractivity contribution < 1.29 is 33.9 Å². The van der Waals surface area contributed by atoms with Crippen LogP contribution >= 0.6 is 11.3 Å². The third kappa shape index (κ3) is 4.08. The normalized spacial score (nSPS) is 19.8. The van der Waals surface area contributed by atoms with Gasteiger partial charge >= 0.3 is 11.9 Å². The number of nitro benzene ring substituents is 1. The minimum atomic E-state index is -1.24. The molecule has 0 saturated carbocycles. The number of benzene rings is 2. The molecule has 1 aromatic heterocycles. The van der Waals surface area contributed by atoms with Crippen molar-refractivity contribution in [2.24, 2.45) is 0 Å². The number of ether oxygens (including phenoxy) is 2. The molecule has 1 fully saturated rings. The number of fused-ring (bicyclic) bond motifs is 1. The maximum atomic E-state index is 13.4. The maximum Gasteiger partial charge on any atom is 0.350 e. The van der Waals surface area contributed by atoms with E-state index in [1.807, 2.05) is 6.92 Å². The third-order valence-electron chi connectivity index (χ3n) is 6.37. The highest BCUT2D eigenvalue weighted by Gasteiger charge is 2.49. The quantitative estimate of drug-likeness (QED) is 0.127. The van der Waals surface area contributed by atoms with E-state index >= 15 is 0 Å². The number of nitro groups is 1. The maximum absolute atomic E-state index is 13.4. The predicted octanol–water partition coefficient (Wildman–Crippen LogP) is 4.10. The van der Waals surface area contributed by atoms with Gasteiger partial charge in [-0.25, -0.2) is 9.78 Å². The van der Waals surface area contributed by atoms with Crippen LogP contribution < -0.4 is 9.64 Å². The lowest BCUT2D eigenvalue weighted by Gasteiger charge is -2.23. The number of rotatable bonds is 5. The van der Waals surface area contributed by atoms with E-state index in [4.69, 9.17) is 9.47 Å². The fourth-order valence-electron chi connectivity index (χ4n) is 4.65. The molecule has 0 radical (unpaired) electrons. The number of nitrogens with zero attached hydrogens (tertiary/aromatic N) is 3. The molecule has 11 nitrogen and oxygen atoms in total. The number of aryl methyl sites for hydroxylation is 1. The number of aliphatic hydroxyl groups excluding tert-OH is 1. The molecule has 0 bridgehead atoms. The average molecular weight is 536 g/mol. The summed E-state index contributed by atoms with van der Waals surface area (Å²) in [6, 6.07) is 9.16. The SMILES string of the molecule is COC(=O)c1sc(N2C(=O)C(=O)/C(=C(/O)c3ccc4c(c3)CC(C)O4)C2c2cccc([N+](=O)[O-])c2)nc1C. The van der Waals surface area contributed by atoms with Crippen LogP contribution in [0.1, 0.15) is 45.0 Å². The molecule has 2 aliphatic rings. The number of non-ortho nitro benzene ring substituents is 1. The lowest BCUT2D eigenvalue weighted by atomic mass is 9.94. The Bertz CT molecular complexity index is 1560. The van der Waals surface area contributed by atoms with E-state index in [2.05, 4.69) is 4.98 Å². The van der Waals surface area contributed by atoms with E-state index in [0.717, 1.165) is 21.8 Å². The van der Waals surface area contributed by atoms with Gasteiger partial charge in [0.25, 0.3) is 11.5 Å². The summed E-state index contributed by atoms with van der Waals surface area (Å²) in [4.78, 5) is 55.4. The van der Waals surface area contributed by atoms with Crippen LogP contribution in [0.5, 0.6) is 5.75 Å². The van der Waals surface area contributed by atoms with Gasteiger partial charge in [0.15, 0.2) is 5.13 Å². The molecule has 2 aromatic carbocycles. The smallest absolute Gasteiger partial charge is 0.350 e. The van der Waals surface area contributed by atoms with E-state index in [-0.39, 0.29) is 38.6 Å². The molecule has 2 unspecified atom stereocenters. The van der Waals surface area contributed by atoms with E-state index < -0.39 is 34.4 Å². The zero-order valence-electron chi connectivity index (χ0n) is 20.5. The first kappa shape index (κ1) is 25.1. The number of hydrogen-bond donors (Lipinski definition) is 1. The highest BCUT2D eigenvalue weighted by Crippen LogP contribution is 2.45. The van der Waals surface area contributed by atoms with Gasteiger partial charge in [-0.2, -0.15) is 0 Å². The Balaban J connectivity index is 1.71. The first-order valence-electron chi connectivity index (χ1n) is 11.5. The predicted molar refractivity (Wildman–Crippen MR) is 136 cm³/mol. The Morgan fingerprint density at radius 2 is 2.03 bits per heavy atom. The number of aliphatic hydroxyl groups is 1. The summed E-state index contributed by atoms with van der Waals surface area (Å²) in [5.41, 5.74) is 1.11. The summed E-state index contributed by atoms with van der Waals surface area (Å²) < 4.78 is 10.5. The van der Waals surface area contributed by atoms with Crippen molar-refractivity contribution >= 4 is 45.6 Å². The molecule has 1 saturated heterocycles. The van der Waals surface area contributed by atoms with Gasteiger partial charge in [0.2, 0.25) is 0 Å². The molecule has 5 rings (SSSR count). The molecule has 0 spiro atoms. The Morgan fingerprint density at radius 3 is 2.74 bits per heavy atom. The number of Topliss-reactive ketones (excluding diaryl/α,β-unsaturated/α-hetero) is 1. The van der Waals surface area contributed by atoms with Gasteiger partial charge < -0.3 is 14.6 Å². The minimum Gasteiger partial charge on any atom is -0.507 e. The molecule has 194 valence electrons. The highest BCUT2D eigenvalue weighted by atomic mass is 32.1. The van der Waals surface area contributed by atoms with Gasteiger partial charge in [-0.05, 0) is 43.2 Å². The van der Waals surface area contributed by atoms with Crippen LogP contribution in [0.15, 0.2) is 48.0 Å². The summed E-state index contributed by atoms with van der Waals surface area (Å²) in [5.74, 6) is -2.42. The number of aromatic nitrogens is 1. The molecule has 38 heavy (non-hydrogen) atoms. The van der Waals surface area contributed by atoms with Gasteiger partial charge in [-0.1, -0.05) is 23.5 Å². The lowest BCUT2D eigenvalue weighted by Crippen LogP contribution is -2.29. The first-order chi connectivity index (χ1) is 18.1. The van der Waals surface area contributed by atoms with Gasteiger partial charge in [0.1, 0.15) is 22.5 Å². The van der Waals surface area contributed by atoms with Crippen LogP contribution in [0.3, 0.4) is 0 Å². The van der Waals surface area contributed by atoms with Crippen LogP contribution in [0, 0.1) is 17.0 Å². The van der Waals surface area contributed by atoms with Crippen molar-refractivity contribution in [1.82, 2.24) is 4.98 Å². The number of thiazole rings is 1. The molecule has 12 heteroatoms. The molecular weight excluding hydrogens is 514 g/mol. The number of methoxy groups -OCH3 is 1. The van der Waals surface area contributed by atoms with Gasteiger partial charge in [0.05, 0.1) is 29.3 Å². The summed E-state index contributed by atoms with van der Waals surface area (Å²) >= 11 is 0.843. The van der Waals surface area contributed by atoms with Crippen molar-refractivity contribution in [3.05, 3.63) is 85.4 Å². The first-order valence-corrected chi connectivity index (χ1v) is 12.3.